The largest absolute Gasteiger partial charge is 0.356 e. The minimum atomic E-state index is 0.178. The number of carbonyl (C=O) groups is 1. The maximum absolute atomic E-state index is 11.2. The zero-order valence-corrected chi connectivity index (χ0v) is 9.89. The van der Waals surface area contributed by atoms with Gasteiger partial charge >= 0.3 is 0 Å². The molecule has 0 heterocycles. The minimum absolute atomic E-state index is 0.178. The van der Waals surface area contributed by atoms with Gasteiger partial charge in [0, 0.05) is 13.0 Å². The summed E-state index contributed by atoms with van der Waals surface area (Å²) in [5, 5.41) is 2.82. The van der Waals surface area contributed by atoms with Gasteiger partial charge in [0.05, 0.1) is 0 Å². The van der Waals surface area contributed by atoms with Gasteiger partial charge in [-0.25, -0.2) is 0 Å². The summed E-state index contributed by atoms with van der Waals surface area (Å²) in [6, 6.07) is 0. The van der Waals surface area contributed by atoms with E-state index in [4.69, 9.17) is 0 Å². The summed E-state index contributed by atoms with van der Waals surface area (Å²) in [4.78, 5) is 11.2. The van der Waals surface area contributed by atoms with Gasteiger partial charge in [-0.1, -0.05) is 18.6 Å². The predicted octanol–water partition coefficient (Wildman–Crippen LogP) is 2.90. The van der Waals surface area contributed by atoms with Crippen LogP contribution in [0.5, 0.6) is 0 Å². The van der Waals surface area contributed by atoms with E-state index in [9.17, 15) is 4.79 Å². The molecule has 1 unspecified atom stereocenters. The maximum atomic E-state index is 11.2. The number of carbonyl (C=O) groups excluding carboxylic acids is 1. The number of hydrogen-bond donors (Lipinski definition) is 1. The number of hydrogen-bond acceptors (Lipinski definition) is 1. The summed E-state index contributed by atoms with van der Waals surface area (Å²) in [7, 11) is 0. The van der Waals surface area contributed by atoms with Crippen molar-refractivity contribution < 1.29 is 4.79 Å². The Morgan fingerprint density at radius 2 is 2.07 bits per heavy atom. The van der Waals surface area contributed by atoms with E-state index in [0.29, 0.717) is 12.3 Å². The van der Waals surface area contributed by atoms with Crippen LogP contribution in [-0.4, -0.2) is 12.5 Å². The summed E-state index contributed by atoms with van der Waals surface area (Å²) in [5.74, 6) is 0.661. The third-order valence-corrected chi connectivity index (χ3v) is 2.12. The van der Waals surface area contributed by atoms with E-state index in [1.165, 1.54) is 5.57 Å². The molecule has 0 aliphatic carbocycles. The van der Waals surface area contributed by atoms with Crippen molar-refractivity contribution in [1.29, 1.82) is 0 Å². The summed E-state index contributed by atoms with van der Waals surface area (Å²) in [6.07, 6.45) is 5.07. The van der Waals surface area contributed by atoms with Crippen LogP contribution >= 0.6 is 0 Å². The fourth-order valence-electron chi connectivity index (χ4n) is 1.34. The van der Waals surface area contributed by atoms with Gasteiger partial charge in [-0.2, -0.15) is 0 Å². The molecule has 0 aliphatic rings. The lowest BCUT2D eigenvalue weighted by molar-refractivity contribution is -0.121. The zero-order valence-electron chi connectivity index (χ0n) is 9.89. The Hall–Kier alpha value is -0.790. The molecule has 1 amide bonds. The molecule has 1 N–H and O–H groups in total. The SMILES string of the molecule is CCNC(=O)CC(C)CCC=C(C)C. The van der Waals surface area contributed by atoms with Crippen molar-refractivity contribution >= 4 is 5.91 Å². The van der Waals surface area contributed by atoms with E-state index in [0.717, 1.165) is 19.4 Å². The molecule has 0 radical (unpaired) electrons. The number of allylic oxidation sites excluding steroid dienone is 2. The molecule has 0 bridgehead atoms. The average molecular weight is 197 g/mol. The van der Waals surface area contributed by atoms with Crippen LogP contribution < -0.4 is 5.32 Å². The van der Waals surface area contributed by atoms with E-state index in [1.54, 1.807) is 0 Å². The van der Waals surface area contributed by atoms with E-state index in [2.05, 4.69) is 32.2 Å². The third-order valence-electron chi connectivity index (χ3n) is 2.12. The minimum Gasteiger partial charge on any atom is -0.356 e. The lowest BCUT2D eigenvalue weighted by atomic mass is 10.0. The van der Waals surface area contributed by atoms with Crippen molar-refractivity contribution in [3.05, 3.63) is 11.6 Å². The summed E-state index contributed by atoms with van der Waals surface area (Å²) in [5.41, 5.74) is 1.36. The lowest BCUT2D eigenvalue weighted by Gasteiger charge is -2.09. The summed E-state index contributed by atoms with van der Waals surface area (Å²) < 4.78 is 0. The molecule has 0 aromatic carbocycles. The van der Waals surface area contributed by atoms with Crippen LogP contribution in [0.2, 0.25) is 0 Å². The number of amides is 1. The molecule has 0 aromatic rings. The highest BCUT2D eigenvalue weighted by Gasteiger charge is 2.06. The first-order valence-electron chi connectivity index (χ1n) is 5.46. The molecule has 2 nitrogen and oxygen atoms in total. The van der Waals surface area contributed by atoms with Crippen molar-refractivity contribution in [1.82, 2.24) is 5.32 Å². The lowest BCUT2D eigenvalue weighted by Crippen LogP contribution is -2.24. The standard InChI is InChI=1S/C12H23NO/c1-5-13-12(14)9-11(4)8-6-7-10(2)3/h7,11H,5-6,8-9H2,1-4H3,(H,13,14). The average Bonchev–Trinajstić information content (AvgIpc) is 2.03. The van der Waals surface area contributed by atoms with Gasteiger partial charge in [-0.3, -0.25) is 4.79 Å². The number of rotatable bonds is 6. The first kappa shape index (κ1) is 13.2. The Labute approximate surface area is 87.8 Å². The van der Waals surface area contributed by atoms with Crippen molar-refractivity contribution in [2.45, 2.75) is 47.0 Å². The molecule has 0 aromatic heterocycles. The normalized spacial score (nSPS) is 12.0. The molecule has 0 fully saturated rings. The molecule has 2 heteroatoms. The topological polar surface area (TPSA) is 29.1 Å². The molecule has 82 valence electrons. The van der Waals surface area contributed by atoms with E-state index < -0.39 is 0 Å². The Kier molecular flexibility index (Phi) is 7.17. The molecule has 0 saturated carbocycles. The van der Waals surface area contributed by atoms with Gasteiger partial charge in [0.25, 0.3) is 0 Å². The van der Waals surface area contributed by atoms with E-state index in [1.807, 2.05) is 6.92 Å². The molecule has 1 atom stereocenters. The van der Waals surface area contributed by atoms with Crippen LogP contribution in [0.4, 0.5) is 0 Å². The van der Waals surface area contributed by atoms with Gasteiger partial charge in [0.2, 0.25) is 5.91 Å². The number of nitrogens with one attached hydrogen (secondary N) is 1. The Bertz CT molecular complexity index is 192. The second-order valence-electron chi connectivity index (χ2n) is 4.12. The van der Waals surface area contributed by atoms with Crippen LogP contribution in [0.15, 0.2) is 11.6 Å². The molecule has 0 rings (SSSR count). The van der Waals surface area contributed by atoms with Crippen LogP contribution in [0.1, 0.15) is 47.0 Å². The fraction of sp³-hybridized carbons (Fsp3) is 0.750. The highest BCUT2D eigenvalue weighted by Crippen LogP contribution is 2.11. The van der Waals surface area contributed by atoms with E-state index >= 15 is 0 Å². The highest BCUT2D eigenvalue weighted by atomic mass is 16.1. The Morgan fingerprint density at radius 3 is 2.57 bits per heavy atom. The first-order valence-corrected chi connectivity index (χ1v) is 5.46. The quantitative estimate of drug-likeness (QED) is 0.652. The van der Waals surface area contributed by atoms with Crippen molar-refractivity contribution in [2.75, 3.05) is 6.54 Å². The second kappa shape index (κ2) is 7.60. The van der Waals surface area contributed by atoms with Crippen molar-refractivity contribution in [2.24, 2.45) is 5.92 Å². The fourth-order valence-corrected chi connectivity index (χ4v) is 1.34. The van der Waals surface area contributed by atoms with Crippen LogP contribution in [-0.2, 0) is 4.79 Å². The highest BCUT2D eigenvalue weighted by molar-refractivity contribution is 5.75. The Morgan fingerprint density at radius 1 is 1.43 bits per heavy atom. The van der Waals surface area contributed by atoms with E-state index in [-0.39, 0.29) is 5.91 Å². The van der Waals surface area contributed by atoms with Crippen LogP contribution in [0.3, 0.4) is 0 Å². The molecule has 0 spiro atoms. The van der Waals surface area contributed by atoms with Gasteiger partial charge in [-0.15, -0.1) is 0 Å². The monoisotopic (exact) mass is 197 g/mol. The van der Waals surface area contributed by atoms with Crippen molar-refractivity contribution in [3.8, 4) is 0 Å². The third kappa shape index (κ3) is 7.84. The smallest absolute Gasteiger partial charge is 0.220 e. The zero-order chi connectivity index (χ0) is 11.0. The molecule has 0 aliphatic heterocycles. The van der Waals surface area contributed by atoms with Gasteiger partial charge in [-0.05, 0) is 39.5 Å². The van der Waals surface area contributed by atoms with Gasteiger partial charge in [0.15, 0.2) is 0 Å². The predicted molar refractivity (Wildman–Crippen MR) is 61.1 cm³/mol. The maximum Gasteiger partial charge on any atom is 0.220 e. The molecular weight excluding hydrogens is 174 g/mol. The molecule has 14 heavy (non-hydrogen) atoms. The second-order valence-corrected chi connectivity index (χ2v) is 4.12. The van der Waals surface area contributed by atoms with Gasteiger partial charge < -0.3 is 5.32 Å². The van der Waals surface area contributed by atoms with Crippen molar-refractivity contribution in [3.63, 3.8) is 0 Å². The van der Waals surface area contributed by atoms with Crippen LogP contribution in [0.25, 0.3) is 0 Å². The first-order chi connectivity index (χ1) is 6.56. The molecular formula is C12H23NO. The van der Waals surface area contributed by atoms with Crippen LogP contribution in [0, 0.1) is 5.92 Å². The molecule has 0 saturated heterocycles. The summed E-state index contributed by atoms with van der Waals surface area (Å²) in [6.45, 7) is 9.03. The van der Waals surface area contributed by atoms with Gasteiger partial charge in [0.1, 0.15) is 0 Å². The summed E-state index contributed by atoms with van der Waals surface area (Å²) >= 11 is 0. The Balaban J connectivity index is 3.59.